The van der Waals surface area contributed by atoms with Gasteiger partial charge in [0.1, 0.15) is 0 Å². The van der Waals surface area contributed by atoms with E-state index in [4.69, 9.17) is 14.2 Å². The predicted molar refractivity (Wildman–Crippen MR) is 57.8 cm³/mol. The molecule has 0 spiro atoms. The van der Waals surface area contributed by atoms with Crippen LogP contribution in [0.2, 0.25) is 0 Å². The van der Waals surface area contributed by atoms with Crippen LogP contribution in [0, 0.1) is 0 Å². The van der Waals surface area contributed by atoms with Crippen molar-refractivity contribution in [3.8, 4) is 0 Å². The highest BCUT2D eigenvalue weighted by Gasteiger charge is 2.20. The molecule has 15 heavy (non-hydrogen) atoms. The lowest BCUT2D eigenvalue weighted by Crippen LogP contribution is -2.31. The highest BCUT2D eigenvalue weighted by molar-refractivity contribution is 5.74. The van der Waals surface area contributed by atoms with Gasteiger partial charge >= 0.3 is 5.97 Å². The molecule has 0 fully saturated rings. The van der Waals surface area contributed by atoms with Gasteiger partial charge in [-0.05, 0) is 27.2 Å². The first kappa shape index (κ1) is 14.4. The second kappa shape index (κ2) is 8.68. The molecular weight excluding hydrogens is 196 g/mol. The average Bonchev–Trinajstić information content (AvgIpc) is 2.23. The summed E-state index contributed by atoms with van der Waals surface area (Å²) < 4.78 is 15.6. The van der Waals surface area contributed by atoms with E-state index in [1.165, 1.54) is 0 Å². The van der Waals surface area contributed by atoms with Crippen LogP contribution in [0.15, 0.2) is 0 Å². The van der Waals surface area contributed by atoms with E-state index < -0.39 is 6.10 Å². The third kappa shape index (κ3) is 6.47. The molecular formula is C11H22O4. The second-order valence-electron chi connectivity index (χ2n) is 3.26. The summed E-state index contributed by atoms with van der Waals surface area (Å²) in [5.74, 6) is -0.289. The third-order valence-corrected chi connectivity index (χ3v) is 1.87. The molecule has 0 bridgehead atoms. The monoisotopic (exact) mass is 218 g/mol. The lowest BCUT2D eigenvalue weighted by Gasteiger charge is -2.19. The van der Waals surface area contributed by atoms with Crippen molar-refractivity contribution in [2.24, 2.45) is 0 Å². The topological polar surface area (TPSA) is 44.8 Å². The van der Waals surface area contributed by atoms with Crippen LogP contribution in [0.3, 0.4) is 0 Å². The molecule has 4 nitrogen and oxygen atoms in total. The first-order chi connectivity index (χ1) is 7.15. The Bertz CT molecular complexity index is 170. The highest BCUT2D eigenvalue weighted by Crippen LogP contribution is 2.05. The average molecular weight is 218 g/mol. The van der Waals surface area contributed by atoms with Crippen molar-refractivity contribution in [2.75, 3.05) is 19.8 Å². The lowest BCUT2D eigenvalue weighted by atomic mass is 10.2. The molecule has 90 valence electrons. The molecule has 0 radical (unpaired) electrons. The molecule has 0 heterocycles. The van der Waals surface area contributed by atoms with Gasteiger partial charge in [-0.1, -0.05) is 6.92 Å². The van der Waals surface area contributed by atoms with Crippen molar-refractivity contribution in [1.29, 1.82) is 0 Å². The van der Waals surface area contributed by atoms with Gasteiger partial charge in [-0.15, -0.1) is 0 Å². The Balaban J connectivity index is 3.91. The van der Waals surface area contributed by atoms with Gasteiger partial charge in [-0.25, -0.2) is 4.79 Å². The van der Waals surface area contributed by atoms with Crippen LogP contribution < -0.4 is 0 Å². The van der Waals surface area contributed by atoms with Gasteiger partial charge in [0.25, 0.3) is 0 Å². The van der Waals surface area contributed by atoms with Crippen molar-refractivity contribution in [2.45, 2.75) is 46.3 Å². The molecule has 4 heteroatoms. The molecule has 0 aromatic carbocycles. The molecule has 0 rings (SSSR count). The molecule has 0 aromatic rings. The molecule has 0 aromatic heterocycles. The summed E-state index contributed by atoms with van der Waals surface area (Å²) in [6.07, 6.45) is 0.0645. The molecule has 2 unspecified atom stereocenters. The number of hydrogen-bond acceptors (Lipinski definition) is 4. The first-order valence-corrected chi connectivity index (χ1v) is 5.55. The van der Waals surface area contributed by atoms with E-state index in [2.05, 4.69) is 0 Å². The standard InChI is InChI=1S/C11H22O4/c1-5-10(11(12)14-7-3)15-9(4)8-13-6-2/h9-10H,5-8H2,1-4H3. The van der Waals surface area contributed by atoms with E-state index in [1.54, 1.807) is 6.92 Å². The number of ether oxygens (including phenoxy) is 3. The van der Waals surface area contributed by atoms with Gasteiger partial charge < -0.3 is 14.2 Å². The van der Waals surface area contributed by atoms with Gasteiger partial charge in [0.2, 0.25) is 0 Å². The fourth-order valence-corrected chi connectivity index (χ4v) is 1.16. The van der Waals surface area contributed by atoms with Crippen LogP contribution in [0.1, 0.15) is 34.1 Å². The molecule has 0 saturated carbocycles. The molecule has 0 amide bonds. The molecule has 0 aliphatic carbocycles. The van der Waals surface area contributed by atoms with Crippen molar-refractivity contribution < 1.29 is 19.0 Å². The number of carbonyl (C=O) groups is 1. The van der Waals surface area contributed by atoms with E-state index >= 15 is 0 Å². The second-order valence-corrected chi connectivity index (χ2v) is 3.26. The summed E-state index contributed by atoms with van der Waals surface area (Å²) in [6.45, 7) is 9.05. The Kier molecular flexibility index (Phi) is 8.33. The maximum atomic E-state index is 11.4. The molecule has 2 atom stereocenters. The van der Waals surface area contributed by atoms with E-state index in [1.807, 2.05) is 20.8 Å². The van der Waals surface area contributed by atoms with Crippen LogP contribution in [0.4, 0.5) is 0 Å². The Morgan fingerprint density at radius 2 is 1.87 bits per heavy atom. The van der Waals surface area contributed by atoms with Crippen LogP contribution in [-0.4, -0.2) is 38.0 Å². The van der Waals surface area contributed by atoms with Crippen molar-refractivity contribution >= 4 is 5.97 Å². The zero-order valence-electron chi connectivity index (χ0n) is 10.1. The van der Waals surface area contributed by atoms with Crippen LogP contribution >= 0.6 is 0 Å². The number of esters is 1. The summed E-state index contributed by atoms with van der Waals surface area (Å²) in [7, 11) is 0. The highest BCUT2D eigenvalue weighted by atomic mass is 16.6. The van der Waals surface area contributed by atoms with Gasteiger partial charge in [0.15, 0.2) is 6.10 Å². The minimum Gasteiger partial charge on any atom is -0.464 e. The van der Waals surface area contributed by atoms with E-state index in [0.29, 0.717) is 26.2 Å². The van der Waals surface area contributed by atoms with Crippen LogP contribution in [-0.2, 0) is 19.0 Å². The fourth-order valence-electron chi connectivity index (χ4n) is 1.16. The molecule has 0 aliphatic rings. The summed E-state index contributed by atoms with van der Waals surface area (Å²) in [4.78, 5) is 11.4. The Morgan fingerprint density at radius 1 is 1.20 bits per heavy atom. The normalized spacial score (nSPS) is 14.7. The van der Waals surface area contributed by atoms with Gasteiger partial charge in [-0.2, -0.15) is 0 Å². The predicted octanol–water partition coefficient (Wildman–Crippen LogP) is 1.77. The maximum Gasteiger partial charge on any atom is 0.335 e. The number of hydrogen-bond donors (Lipinski definition) is 0. The quantitative estimate of drug-likeness (QED) is 0.582. The summed E-state index contributed by atoms with van der Waals surface area (Å²) in [5.41, 5.74) is 0. The SMILES string of the molecule is CCOCC(C)OC(CC)C(=O)OCC. The van der Waals surface area contributed by atoms with Crippen molar-refractivity contribution in [1.82, 2.24) is 0 Å². The number of rotatable bonds is 8. The largest absolute Gasteiger partial charge is 0.464 e. The Hall–Kier alpha value is -0.610. The van der Waals surface area contributed by atoms with Crippen LogP contribution in [0.25, 0.3) is 0 Å². The van der Waals surface area contributed by atoms with E-state index in [-0.39, 0.29) is 12.1 Å². The summed E-state index contributed by atoms with van der Waals surface area (Å²) in [6, 6.07) is 0. The molecule has 0 aliphatic heterocycles. The van der Waals surface area contributed by atoms with Gasteiger partial charge in [0, 0.05) is 6.61 Å². The van der Waals surface area contributed by atoms with Crippen molar-refractivity contribution in [3.63, 3.8) is 0 Å². The fraction of sp³-hybridized carbons (Fsp3) is 0.909. The Labute approximate surface area is 91.9 Å². The zero-order chi connectivity index (χ0) is 11.7. The Morgan fingerprint density at radius 3 is 2.33 bits per heavy atom. The van der Waals surface area contributed by atoms with Gasteiger partial charge in [0.05, 0.1) is 19.3 Å². The summed E-state index contributed by atoms with van der Waals surface area (Å²) >= 11 is 0. The molecule has 0 saturated heterocycles. The minimum absolute atomic E-state index is 0.0840. The minimum atomic E-state index is -0.472. The maximum absolute atomic E-state index is 11.4. The first-order valence-electron chi connectivity index (χ1n) is 5.55. The lowest BCUT2D eigenvalue weighted by molar-refractivity contribution is -0.162. The zero-order valence-corrected chi connectivity index (χ0v) is 10.1. The van der Waals surface area contributed by atoms with Crippen LogP contribution in [0.5, 0.6) is 0 Å². The summed E-state index contributed by atoms with van der Waals surface area (Å²) in [5, 5.41) is 0. The smallest absolute Gasteiger partial charge is 0.335 e. The third-order valence-electron chi connectivity index (χ3n) is 1.87. The van der Waals surface area contributed by atoms with E-state index in [0.717, 1.165) is 0 Å². The van der Waals surface area contributed by atoms with Crippen molar-refractivity contribution in [3.05, 3.63) is 0 Å². The van der Waals surface area contributed by atoms with E-state index in [9.17, 15) is 4.79 Å². The van der Waals surface area contributed by atoms with Gasteiger partial charge in [-0.3, -0.25) is 0 Å². The molecule has 0 N–H and O–H groups in total. The number of carbonyl (C=O) groups excluding carboxylic acids is 1.